The van der Waals surface area contributed by atoms with E-state index in [9.17, 15) is 4.79 Å². The summed E-state index contributed by atoms with van der Waals surface area (Å²) < 4.78 is 24.1. The number of rotatable bonds is 8. The van der Waals surface area contributed by atoms with Crippen LogP contribution in [0.4, 0.5) is 0 Å². The summed E-state index contributed by atoms with van der Waals surface area (Å²) >= 11 is 1.26. The number of benzene rings is 3. The smallest absolute Gasteiger partial charge is 0.291 e. The quantitative estimate of drug-likeness (QED) is 0.318. The van der Waals surface area contributed by atoms with E-state index >= 15 is 0 Å². The summed E-state index contributed by atoms with van der Waals surface area (Å²) in [5.41, 5.74) is 2.26. The van der Waals surface area contributed by atoms with E-state index in [2.05, 4.69) is 10.1 Å². The van der Waals surface area contributed by atoms with Gasteiger partial charge < -0.3 is 18.9 Å². The van der Waals surface area contributed by atoms with Crippen LogP contribution in [0.25, 0.3) is 22.4 Å². The molecular formula is C27H23N3O5S. The third-order valence-corrected chi connectivity index (χ3v) is 6.51. The number of fused-ring (bicyclic) bond motifs is 1. The average Bonchev–Trinajstić information content (AvgIpc) is 3.46. The molecule has 0 aliphatic rings. The molecule has 0 amide bonds. The van der Waals surface area contributed by atoms with Gasteiger partial charge in [-0.2, -0.15) is 9.50 Å². The molecule has 0 aliphatic heterocycles. The fourth-order valence-corrected chi connectivity index (χ4v) is 4.67. The van der Waals surface area contributed by atoms with Crippen LogP contribution < -0.4 is 29.0 Å². The fourth-order valence-electron chi connectivity index (χ4n) is 3.77. The van der Waals surface area contributed by atoms with Crippen molar-refractivity contribution >= 4 is 22.4 Å². The molecule has 0 aliphatic carbocycles. The van der Waals surface area contributed by atoms with Crippen molar-refractivity contribution in [3.05, 3.63) is 92.7 Å². The lowest BCUT2D eigenvalue weighted by atomic mass is 10.1. The maximum absolute atomic E-state index is 13.1. The topological polar surface area (TPSA) is 84.2 Å². The van der Waals surface area contributed by atoms with Crippen LogP contribution in [-0.2, 0) is 6.61 Å². The largest absolute Gasteiger partial charge is 0.493 e. The van der Waals surface area contributed by atoms with E-state index < -0.39 is 0 Å². The number of hydrogen-bond donors (Lipinski definition) is 0. The first kappa shape index (κ1) is 23.4. The van der Waals surface area contributed by atoms with Gasteiger partial charge in [0, 0.05) is 11.1 Å². The summed E-state index contributed by atoms with van der Waals surface area (Å²) in [5, 5.41) is 4.45. The lowest BCUT2D eigenvalue weighted by Crippen LogP contribution is -2.23. The molecule has 2 aromatic heterocycles. The number of para-hydroxylation sites is 1. The normalized spacial score (nSPS) is 11.6. The molecule has 9 heteroatoms. The number of methoxy groups -OCH3 is 3. The first-order valence-corrected chi connectivity index (χ1v) is 11.9. The molecule has 0 atom stereocenters. The molecule has 182 valence electrons. The van der Waals surface area contributed by atoms with E-state index in [0.717, 1.165) is 11.1 Å². The van der Waals surface area contributed by atoms with Gasteiger partial charge in [-0.3, -0.25) is 4.79 Å². The summed E-state index contributed by atoms with van der Waals surface area (Å²) in [6, 6.07) is 21.0. The predicted molar refractivity (Wildman–Crippen MR) is 138 cm³/mol. The highest BCUT2D eigenvalue weighted by Crippen LogP contribution is 2.40. The minimum absolute atomic E-state index is 0.251. The Labute approximate surface area is 211 Å². The monoisotopic (exact) mass is 501 g/mol. The standard InChI is InChI=1S/C27H23N3O5S/c1-32-21-13-19(14-22(33-2)24(21)34-3)25-28-27-30(29-25)26(31)23(36-27)15-18-11-7-8-12-20(18)35-16-17-9-5-4-6-10-17/h4-15H,16H2,1-3H3/b23-15+. The van der Waals surface area contributed by atoms with Gasteiger partial charge in [-0.05, 0) is 29.8 Å². The van der Waals surface area contributed by atoms with Gasteiger partial charge in [0.05, 0.1) is 25.9 Å². The number of nitrogens with zero attached hydrogens (tertiary/aromatic N) is 3. The Kier molecular flexibility index (Phi) is 6.55. The number of hydrogen-bond acceptors (Lipinski definition) is 8. The van der Waals surface area contributed by atoms with Crippen molar-refractivity contribution in [1.29, 1.82) is 0 Å². The van der Waals surface area contributed by atoms with Gasteiger partial charge in [-0.25, -0.2) is 0 Å². The van der Waals surface area contributed by atoms with Gasteiger partial charge >= 0.3 is 0 Å². The minimum atomic E-state index is -0.251. The average molecular weight is 502 g/mol. The molecule has 2 heterocycles. The summed E-state index contributed by atoms with van der Waals surface area (Å²) in [4.78, 5) is 18.2. The zero-order valence-electron chi connectivity index (χ0n) is 19.9. The van der Waals surface area contributed by atoms with Crippen LogP contribution in [0.5, 0.6) is 23.0 Å². The molecular weight excluding hydrogens is 478 g/mol. The van der Waals surface area contributed by atoms with Crippen LogP contribution in [-0.4, -0.2) is 35.9 Å². The first-order chi connectivity index (χ1) is 17.6. The maximum atomic E-state index is 13.1. The Bertz CT molecular complexity index is 1600. The van der Waals surface area contributed by atoms with Gasteiger partial charge in [0.15, 0.2) is 17.3 Å². The molecule has 36 heavy (non-hydrogen) atoms. The molecule has 5 rings (SSSR count). The van der Waals surface area contributed by atoms with E-state index in [0.29, 0.717) is 50.5 Å². The molecule has 3 aromatic carbocycles. The number of thiazole rings is 1. The Hall–Kier alpha value is -4.37. The van der Waals surface area contributed by atoms with Crippen molar-refractivity contribution in [2.24, 2.45) is 0 Å². The SMILES string of the molecule is COc1cc(-c2nc3s/c(=C/c4ccccc4OCc4ccccc4)c(=O)n3n2)cc(OC)c1OC. The molecule has 0 bridgehead atoms. The molecule has 0 fully saturated rings. The molecule has 8 nitrogen and oxygen atoms in total. The predicted octanol–water partition coefficient (Wildman–Crippen LogP) is 3.97. The highest BCUT2D eigenvalue weighted by molar-refractivity contribution is 7.15. The van der Waals surface area contributed by atoms with Crippen LogP contribution in [0, 0.1) is 0 Å². The van der Waals surface area contributed by atoms with Crippen molar-refractivity contribution in [3.8, 4) is 34.4 Å². The van der Waals surface area contributed by atoms with Crippen LogP contribution >= 0.6 is 11.3 Å². The molecule has 0 N–H and O–H groups in total. The van der Waals surface area contributed by atoms with E-state index in [1.165, 1.54) is 23.0 Å². The Morgan fingerprint density at radius 2 is 1.58 bits per heavy atom. The lowest BCUT2D eigenvalue weighted by molar-refractivity contribution is 0.305. The van der Waals surface area contributed by atoms with Gasteiger partial charge in [-0.15, -0.1) is 5.10 Å². The van der Waals surface area contributed by atoms with Crippen molar-refractivity contribution in [3.63, 3.8) is 0 Å². The van der Waals surface area contributed by atoms with E-state index in [4.69, 9.17) is 18.9 Å². The van der Waals surface area contributed by atoms with E-state index in [1.807, 2.05) is 60.7 Å². The Morgan fingerprint density at radius 3 is 2.25 bits per heavy atom. The van der Waals surface area contributed by atoms with Gasteiger partial charge in [0.25, 0.3) is 5.56 Å². The zero-order chi connectivity index (χ0) is 25.1. The van der Waals surface area contributed by atoms with Gasteiger partial charge in [0.2, 0.25) is 10.7 Å². The highest BCUT2D eigenvalue weighted by atomic mass is 32.1. The summed E-state index contributed by atoms with van der Waals surface area (Å²) in [6.07, 6.45) is 1.81. The molecule has 0 radical (unpaired) electrons. The third kappa shape index (κ3) is 4.48. The summed E-state index contributed by atoms with van der Waals surface area (Å²) in [6.45, 7) is 0.434. The van der Waals surface area contributed by atoms with Crippen molar-refractivity contribution in [1.82, 2.24) is 14.6 Å². The molecule has 0 saturated carbocycles. The highest BCUT2D eigenvalue weighted by Gasteiger charge is 2.18. The molecule has 0 spiro atoms. The van der Waals surface area contributed by atoms with Crippen molar-refractivity contribution in [2.75, 3.05) is 21.3 Å². The van der Waals surface area contributed by atoms with Crippen molar-refractivity contribution in [2.45, 2.75) is 6.61 Å². The van der Waals surface area contributed by atoms with Crippen molar-refractivity contribution < 1.29 is 18.9 Å². The first-order valence-electron chi connectivity index (χ1n) is 11.1. The third-order valence-electron chi connectivity index (χ3n) is 5.55. The molecule has 0 saturated heterocycles. The zero-order valence-corrected chi connectivity index (χ0v) is 20.7. The second kappa shape index (κ2) is 10.1. The fraction of sp³-hybridized carbons (Fsp3) is 0.148. The lowest BCUT2D eigenvalue weighted by Gasteiger charge is -2.12. The number of ether oxygens (including phenoxy) is 4. The Morgan fingerprint density at radius 1 is 0.889 bits per heavy atom. The second-order valence-electron chi connectivity index (χ2n) is 7.77. The number of aromatic nitrogens is 3. The van der Waals surface area contributed by atoms with Crippen LogP contribution in [0.1, 0.15) is 11.1 Å². The summed E-state index contributed by atoms with van der Waals surface area (Å²) in [7, 11) is 4.62. The minimum Gasteiger partial charge on any atom is -0.493 e. The van der Waals surface area contributed by atoms with Crippen LogP contribution in [0.2, 0.25) is 0 Å². The van der Waals surface area contributed by atoms with E-state index in [1.54, 1.807) is 26.4 Å². The second-order valence-corrected chi connectivity index (χ2v) is 8.78. The maximum Gasteiger partial charge on any atom is 0.291 e. The van der Waals surface area contributed by atoms with Gasteiger partial charge in [-0.1, -0.05) is 59.9 Å². The van der Waals surface area contributed by atoms with Crippen LogP contribution in [0.3, 0.4) is 0 Å². The van der Waals surface area contributed by atoms with Gasteiger partial charge in [0.1, 0.15) is 12.4 Å². The summed E-state index contributed by atoms with van der Waals surface area (Å²) in [5.74, 6) is 2.51. The molecule has 0 unspecified atom stereocenters. The molecule has 5 aromatic rings. The van der Waals surface area contributed by atoms with Crippen LogP contribution in [0.15, 0.2) is 71.5 Å². The van der Waals surface area contributed by atoms with E-state index in [-0.39, 0.29) is 5.56 Å². The Balaban J connectivity index is 1.49.